The Morgan fingerprint density at radius 3 is 1.43 bits per heavy atom. The fourth-order valence-corrected chi connectivity index (χ4v) is 6.33. The van der Waals surface area contributed by atoms with Gasteiger partial charge in [0.15, 0.2) is 17.4 Å². The third-order valence-corrected chi connectivity index (χ3v) is 9.34. The number of ether oxygens (including phenoxy) is 2. The maximum absolute atomic E-state index is 14.9. The number of likely N-dealkylation sites (N-methyl/N-ethyl adjacent to an activating group) is 1. The minimum Gasteiger partial charge on any atom is -0.497 e. The van der Waals surface area contributed by atoms with Gasteiger partial charge in [-0.1, -0.05) is 0 Å². The van der Waals surface area contributed by atoms with Crippen molar-refractivity contribution in [2.45, 2.75) is 25.3 Å². The first-order valence-corrected chi connectivity index (χ1v) is 17.6. The minimum atomic E-state index is -1.59. The van der Waals surface area contributed by atoms with Crippen LogP contribution in [0, 0.1) is 40.8 Å². The molecule has 9 nitrogen and oxygen atoms in total. The van der Waals surface area contributed by atoms with Gasteiger partial charge in [0.25, 0.3) is 5.91 Å². The number of carbonyl (C=O) groups is 4. The van der Waals surface area contributed by atoms with Crippen molar-refractivity contribution in [1.82, 2.24) is 5.32 Å². The molecule has 302 valence electrons. The number of hydrogen-bond acceptors (Lipinski definition) is 6. The van der Waals surface area contributed by atoms with E-state index in [0.29, 0.717) is 47.1 Å². The van der Waals surface area contributed by atoms with Gasteiger partial charge in [0.2, 0.25) is 11.8 Å². The van der Waals surface area contributed by atoms with E-state index in [1.807, 2.05) is 0 Å². The molecule has 0 spiro atoms. The van der Waals surface area contributed by atoms with Crippen LogP contribution < -0.4 is 24.6 Å². The van der Waals surface area contributed by atoms with Crippen LogP contribution in [0.5, 0.6) is 11.5 Å². The number of amides is 3. The van der Waals surface area contributed by atoms with Gasteiger partial charge in [0.05, 0.1) is 19.8 Å². The van der Waals surface area contributed by atoms with Crippen LogP contribution in [-0.4, -0.2) is 57.9 Å². The number of carbonyl (C=O) groups excluding carboxylic acids is 4. The number of Topliss-reactive ketones (excluding diaryl/α,β-unsaturated/α-hetero) is 1. The molecule has 0 aliphatic rings. The van der Waals surface area contributed by atoms with Gasteiger partial charge < -0.3 is 24.6 Å². The second kappa shape index (κ2) is 18.5. The molecule has 0 saturated heterocycles. The van der Waals surface area contributed by atoms with E-state index in [0.717, 1.165) is 29.2 Å². The van der Waals surface area contributed by atoms with Gasteiger partial charge in [-0.05, 0) is 102 Å². The van der Waals surface area contributed by atoms with E-state index in [2.05, 4.69) is 5.32 Å². The second-order valence-electron chi connectivity index (χ2n) is 13.3. The van der Waals surface area contributed by atoms with Crippen molar-refractivity contribution < 1.29 is 55.0 Å². The highest BCUT2D eigenvalue weighted by Crippen LogP contribution is 2.27. The van der Waals surface area contributed by atoms with Crippen molar-refractivity contribution in [3.63, 3.8) is 0 Å². The van der Waals surface area contributed by atoms with Crippen LogP contribution in [0.15, 0.2) is 97.1 Å². The average molecular weight is 806 g/mol. The topological polar surface area (TPSA) is 105 Å². The Bertz CT molecular complexity index is 2120. The predicted molar refractivity (Wildman–Crippen MR) is 203 cm³/mol. The molecule has 0 saturated carbocycles. The molecule has 0 aliphatic carbocycles. The summed E-state index contributed by atoms with van der Waals surface area (Å²) in [6, 6.07) is 16.8. The summed E-state index contributed by atoms with van der Waals surface area (Å²) in [4.78, 5) is 58.3. The number of nitrogens with zero attached hydrogens (tertiary/aromatic N) is 2. The lowest BCUT2D eigenvalue weighted by atomic mass is 9.89. The summed E-state index contributed by atoms with van der Waals surface area (Å²) < 4.78 is 96.9. The van der Waals surface area contributed by atoms with E-state index in [-0.39, 0.29) is 17.5 Å². The molecule has 5 aromatic carbocycles. The molecular weight excluding hydrogens is 768 g/mol. The highest BCUT2D eigenvalue weighted by atomic mass is 19.2. The van der Waals surface area contributed by atoms with Crippen molar-refractivity contribution in [1.29, 1.82) is 0 Å². The lowest BCUT2D eigenvalue weighted by Gasteiger charge is -2.26. The second-order valence-corrected chi connectivity index (χ2v) is 13.3. The largest absolute Gasteiger partial charge is 0.497 e. The molecule has 2 atom stereocenters. The molecule has 0 unspecified atom stereocenters. The molecule has 0 radical (unpaired) electrons. The number of methoxy groups -OCH3 is 2. The molecule has 15 heteroatoms. The molecule has 0 bridgehead atoms. The summed E-state index contributed by atoms with van der Waals surface area (Å²) in [6.45, 7) is 0. The van der Waals surface area contributed by atoms with Gasteiger partial charge in [0.1, 0.15) is 40.8 Å². The molecule has 0 heterocycles. The Labute approximate surface area is 329 Å². The van der Waals surface area contributed by atoms with Crippen molar-refractivity contribution in [3.8, 4) is 11.5 Å². The number of ketones is 1. The van der Waals surface area contributed by atoms with E-state index < -0.39 is 94.3 Å². The highest BCUT2D eigenvalue weighted by molar-refractivity contribution is 6.11. The lowest BCUT2D eigenvalue weighted by Crippen LogP contribution is -2.49. The van der Waals surface area contributed by atoms with Crippen LogP contribution in [-0.2, 0) is 22.4 Å². The van der Waals surface area contributed by atoms with E-state index in [1.165, 1.54) is 45.3 Å². The zero-order chi connectivity index (χ0) is 42.3. The number of halogens is 6. The lowest BCUT2D eigenvalue weighted by molar-refractivity contribution is -0.122. The van der Waals surface area contributed by atoms with Gasteiger partial charge in [0, 0.05) is 61.9 Å². The highest BCUT2D eigenvalue weighted by Gasteiger charge is 2.32. The number of nitrogens with one attached hydrogen (secondary N) is 1. The maximum Gasteiger partial charge on any atom is 0.252 e. The summed E-state index contributed by atoms with van der Waals surface area (Å²) >= 11 is 0. The summed E-state index contributed by atoms with van der Waals surface area (Å²) in [5, 5.41) is 2.40. The van der Waals surface area contributed by atoms with Crippen LogP contribution in [0.3, 0.4) is 0 Å². The van der Waals surface area contributed by atoms with Crippen molar-refractivity contribution >= 4 is 34.9 Å². The number of benzene rings is 5. The Balaban J connectivity index is 1.49. The summed E-state index contributed by atoms with van der Waals surface area (Å²) in [5.74, 6) is -11.1. The number of rotatable bonds is 15. The summed E-state index contributed by atoms with van der Waals surface area (Å²) in [5.41, 5.74) is -0.769. The van der Waals surface area contributed by atoms with Gasteiger partial charge in [-0.25, -0.2) is 26.3 Å². The van der Waals surface area contributed by atoms with Crippen molar-refractivity contribution in [2.24, 2.45) is 5.92 Å². The fraction of sp³-hybridized carbons (Fsp3) is 0.209. The van der Waals surface area contributed by atoms with E-state index in [1.54, 1.807) is 36.4 Å². The first-order chi connectivity index (χ1) is 27.6. The zero-order valence-corrected chi connectivity index (χ0v) is 31.6. The van der Waals surface area contributed by atoms with Gasteiger partial charge in [-0.2, -0.15) is 0 Å². The van der Waals surface area contributed by atoms with Crippen molar-refractivity contribution in [2.75, 3.05) is 38.1 Å². The molecular formula is C43H37F6N3O6. The molecule has 3 amide bonds. The SMILES string of the molecule is COc1ccc(N(C)C(=O)[C@@H](CC(=O)c2cc(F)c(F)cc2C(=O)N[C@@H](Cc2cc(F)cc(F)c2)C(=O)N(C)c2ccc(OC)cc2)Cc2cc(F)cc(F)c2)cc1. The van der Waals surface area contributed by atoms with Crippen LogP contribution in [0.2, 0.25) is 0 Å². The minimum absolute atomic E-state index is 0.00570. The standard InChI is InChI=1S/C43H37F6N3O6/c1-51(31-5-9-33(57-3)10-6-31)42(55)26(13-24-14-27(44)20-28(45)15-24)19-40(53)35-22-37(48)38(49)23-36(35)41(54)50-39(18-25-16-29(46)21-30(47)17-25)43(56)52(2)32-7-11-34(58-4)12-8-32/h5-12,14-17,20-23,26,39H,13,18-19H2,1-4H3,(H,50,54)/t26-,39+/m1/s1. The molecule has 5 rings (SSSR count). The monoisotopic (exact) mass is 805 g/mol. The Hall–Kier alpha value is -6.64. The first kappa shape index (κ1) is 42.5. The molecule has 0 aliphatic heterocycles. The van der Waals surface area contributed by atoms with Gasteiger partial charge in [-0.15, -0.1) is 0 Å². The van der Waals surface area contributed by atoms with E-state index in [9.17, 15) is 45.5 Å². The first-order valence-electron chi connectivity index (χ1n) is 17.6. The number of hydrogen-bond donors (Lipinski definition) is 1. The molecule has 1 N–H and O–H groups in total. The van der Waals surface area contributed by atoms with Crippen molar-refractivity contribution in [3.05, 3.63) is 154 Å². The molecule has 58 heavy (non-hydrogen) atoms. The quantitative estimate of drug-likeness (QED) is 0.0862. The average Bonchev–Trinajstić information content (AvgIpc) is 3.19. The molecule has 0 fully saturated rings. The van der Waals surface area contributed by atoms with E-state index >= 15 is 0 Å². The number of anilines is 2. The summed E-state index contributed by atoms with van der Waals surface area (Å²) in [7, 11) is 5.65. The Kier molecular flexibility index (Phi) is 13.6. The smallest absolute Gasteiger partial charge is 0.252 e. The van der Waals surface area contributed by atoms with Crippen LogP contribution in [0.4, 0.5) is 37.7 Å². The normalized spacial score (nSPS) is 12.0. The third-order valence-electron chi connectivity index (χ3n) is 9.34. The van der Waals surface area contributed by atoms with Crippen LogP contribution in [0.1, 0.15) is 38.3 Å². The third kappa shape index (κ3) is 10.4. The molecule has 5 aromatic rings. The van der Waals surface area contributed by atoms with Crippen LogP contribution >= 0.6 is 0 Å². The zero-order valence-electron chi connectivity index (χ0n) is 31.6. The predicted octanol–water partition coefficient (Wildman–Crippen LogP) is 7.64. The fourth-order valence-electron chi connectivity index (χ4n) is 6.33. The van der Waals surface area contributed by atoms with Gasteiger partial charge in [-0.3, -0.25) is 19.2 Å². The molecule has 0 aromatic heterocycles. The summed E-state index contributed by atoms with van der Waals surface area (Å²) in [6.07, 6.45) is -1.62. The van der Waals surface area contributed by atoms with Crippen LogP contribution in [0.25, 0.3) is 0 Å². The van der Waals surface area contributed by atoms with Gasteiger partial charge >= 0.3 is 0 Å². The Morgan fingerprint density at radius 2 is 0.983 bits per heavy atom. The Morgan fingerprint density at radius 1 is 0.569 bits per heavy atom. The maximum atomic E-state index is 14.9. The van der Waals surface area contributed by atoms with E-state index in [4.69, 9.17) is 9.47 Å².